The summed E-state index contributed by atoms with van der Waals surface area (Å²) in [7, 11) is 0. The van der Waals surface area contributed by atoms with E-state index in [1.807, 2.05) is 51.1 Å². The third-order valence-electron chi connectivity index (χ3n) is 2.27. The molecule has 1 aromatic carbocycles. The molecular formula is C13H19NO. The molecule has 1 amide bonds. The summed E-state index contributed by atoms with van der Waals surface area (Å²) in [5.41, 5.74) is 1.15. The van der Waals surface area contributed by atoms with Crippen LogP contribution in [0.2, 0.25) is 0 Å². The third kappa shape index (κ3) is 4.15. The van der Waals surface area contributed by atoms with E-state index in [2.05, 4.69) is 5.32 Å². The number of hydrogen-bond donors (Lipinski definition) is 1. The second-order valence-electron chi connectivity index (χ2n) is 4.30. The van der Waals surface area contributed by atoms with Crippen molar-refractivity contribution in [1.29, 1.82) is 0 Å². The van der Waals surface area contributed by atoms with Gasteiger partial charge in [-0.1, -0.05) is 44.2 Å². The average Bonchev–Trinajstić information content (AvgIpc) is 2.17. The summed E-state index contributed by atoms with van der Waals surface area (Å²) in [6, 6.07) is 10.1. The summed E-state index contributed by atoms with van der Waals surface area (Å²) in [4.78, 5) is 11.5. The number of nitrogens with one attached hydrogen (secondary N) is 1. The molecule has 0 aliphatic heterocycles. The minimum atomic E-state index is 0.0949. The number of carbonyl (C=O) groups is 1. The lowest BCUT2D eigenvalue weighted by atomic mass is 10.1. The van der Waals surface area contributed by atoms with E-state index >= 15 is 0 Å². The molecule has 0 aliphatic carbocycles. The number of rotatable bonds is 4. The molecule has 1 rings (SSSR count). The monoisotopic (exact) mass is 205 g/mol. The molecule has 0 bridgehead atoms. The first-order valence-electron chi connectivity index (χ1n) is 5.44. The van der Waals surface area contributed by atoms with Crippen LogP contribution in [0.4, 0.5) is 0 Å². The smallest absolute Gasteiger partial charge is 0.220 e. The van der Waals surface area contributed by atoms with Crippen molar-refractivity contribution in [3.8, 4) is 0 Å². The predicted molar refractivity (Wildman–Crippen MR) is 62.5 cm³/mol. The molecule has 0 aromatic heterocycles. The van der Waals surface area contributed by atoms with Crippen LogP contribution in [-0.2, 0) is 4.79 Å². The van der Waals surface area contributed by atoms with Gasteiger partial charge in [-0.15, -0.1) is 0 Å². The first-order valence-corrected chi connectivity index (χ1v) is 5.44. The summed E-state index contributed by atoms with van der Waals surface area (Å²) >= 11 is 0. The van der Waals surface area contributed by atoms with Crippen molar-refractivity contribution in [3.63, 3.8) is 0 Å². The topological polar surface area (TPSA) is 29.1 Å². The molecule has 0 aliphatic rings. The van der Waals surface area contributed by atoms with Gasteiger partial charge in [0.05, 0.1) is 6.04 Å². The van der Waals surface area contributed by atoms with Gasteiger partial charge in [-0.25, -0.2) is 0 Å². The molecule has 0 spiro atoms. The zero-order valence-electron chi connectivity index (χ0n) is 9.66. The van der Waals surface area contributed by atoms with Gasteiger partial charge in [0.1, 0.15) is 0 Å². The molecule has 1 N–H and O–H groups in total. The fourth-order valence-electron chi connectivity index (χ4n) is 1.50. The molecule has 0 fully saturated rings. The van der Waals surface area contributed by atoms with Crippen molar-refractivity contribution in [3.05, 3.63) is 35.9 Å². The van der Waals surface area contributed by atoms with Gasteiger partial charge in [-0.2, -0.15) is 0 Å². The van der Waals surface area contributed by atoms with Crippen molar-refractivity contribution in [1.82, 2.24) is 5.32 Å². The maximum absolute atomic E-state index is 11.5. The van der Waals surface area contributed by atoms with Crippen molar-refractivity contribution in [2.45, 2.75) is 33.2 Å². The Hall–Kier alpha value is -1.31. The van der Waals surface area contributed by atoms with Crippen molar-refractivity contribution in [2.24, 2.45) is 5.92 Å². The highest BCUT2D eigenvalue weighted by atomic mass is 16.1. The van der Waals surface area contributed by atoms with E-state index in [0.29, 0.717) is 12.3 Å². The molecule has 1 unspecified atom stereocenters. The van der Waals surface area contributed by atoms with Crippen LogP contribution in [0, 0.1) is 5.92 Å². The lowest BCUT2D eigenvalue weighted by Gasteiger charge is -2.15. The Morgan fingerprint density at radius 1 is 1.20 bits per heavy atom. The number of carbonyl (C=O) groups excluding carboxylic acids is 1. The van der Waals surface area contributed by atoms with Crippen LogP contribution >= 0.6 is 0 Å². The van der Waals surface area contributed by atoms with Crippen molar-refractivity contribution in [2.75, 3.05) is 0 Å². The Bertz CT molecular complexity index is 306. The standard InChI is InChI=1S/C13H19NO/c1-10(2)9-13(15)14-11(3)12-7-5-4-6-8-12/h4-8,10-11H,9H2,1-3H3,(H,14,15). The van der Waals surface area contributed by atoms with E-state index in [4.69, 9.17) is 0 Å². The van der Waals surface area contributed by atoms with Crippen LogP contribution < -0.4 is 5.32 Å². The fraction of sp³-hybridized carbons (Fsp3) is 0.462. The van der Waals surface area contributed by atoms with Gasteiger partial charge < -0.3 is 5.32 Å². The predicted octanol–water partition coefficient (Wildman–Crippen LogP) is 2.91. The number of amides is 1. The zero-order chi connectivity index (χ0) is 11.3. The molecule has 0 radical (unpaired) electrons. The normalized spacial score (nSPS) is 12.5. The minimum absolute atomic E-state index is 0.0949. The Labute approximate surface area is 91.7 Å². The van der Waals surface area contributed by atoms with E-state index in [0.717, 1.165) is 5.56 Å². The summed E-state index contributed by atoms with van der Waals surface area (Å²) in [5, 5.41) is 2.99. The highest BCUT2D eigenvalue weighted by molar-refractivity contribution is 5.76. The lowest BCUT2D eigenvalue weighted by molar-refractivity contribution is -0.122. The minimum Gasteiger partial charge on any atom is -0.350 e. The zero-order valence-corrected chi connectivity index (χ0v) is 9.66. The van der Waals surface area contributed by atoms with E-state index in [-0.39, 0.29) is 11.9 Å². The van der Waals surface area contributed by atoms with Crippen molar-refractivity contribution >= 4 is 5.91 Å². The molecule has 0 heterocycles. The van der Waals surface area contributed by atoms with Gasteiger partial charge in [0, 0.05) is 6.42 Å². The molecule has 0 saturated heterocycles. The third-order valence-corrected chi connectivity index (χ3v) is 2.27. The number of benzene rings is 1. The van der Waals surface area contributed by atoms with Crippen LogP contribution in [0.3, 0.4) is 0 Å². The van der Waals surface area contributed by atoms with Crippen LogP contribution in [0.15, 0.2) is 30.3 Å². The Kier molecular flexibility index (Phi) is 4.35. The molecule has 1 atom stereocenters. The summed E-state index contributed by atoms with van der Waals surface area (Å²) in [6.07, 6.45) is 0.594. The first kappa shape index (κ1) is 11.8. The molecule has 2 nitrogen and oxygen atoms in total. The van der Waals surface area contributed by atoms with Crippen LogP contribution in [-0.4, -0.2) is 5.91 Å². The largest absolute Gasteiger partial charge is 0.350 e. The SMILES string of the molecule is CC(C)CC(=O)NC(C)c1ccccc1. The van der Waals surface area contributed by atoms with Gasteiger partial charge in [0.2, 0.25) is 5.91 Å². The van der Waals surface area contributed by atoms with Gasteiger partial charge in [-0.3, -0.25) is 4.79 Å². The lowest BCUT2D eigenvalue weighted by Crippen LogP contribution is -2.27. The van der Waals surface area contributed by atoms with Crippen LogP contribution in [0.25, 0.3) is 0 Å². The van der Waals surface area contributed by atoms with Gasteiger partial charge in [0.25, 0.3) is 0 Å². The van der Waals surface area contributed by atoms with E-state index in [1.165, 1.54) is 0 Å². The Morgan fingerprint density at radius 2 is 1.80 bits per heavy atom. The summed E-state index contributed by atoms with van der Waals surface area (Å²) in [6.45, 7) is 6.10. The second kappa shape index (κ2) is 5.54. The van der Waals surface area contributed by atoms with E-state index in [1.54, 1.807) is 0 Å². The summed E-state index contributed by atoms with van der Waals surface area (Å²) in [5.74, 6) is 0.536. The fourth-order valence-corrected chi connectivity index (χ4v) is 1.50. The maximum atomic E-state index is 11.5. The summed E-state index contributed by atoms with van der Waals surface area (Å²) < 4.78 is 0. The van der Waals surface area contributed by atoms with E-state index < -0.39 is 0 Å². The van der Waals surface area contributed by atoms with Crippen LogP contribution in [0.1, 0.15) is 38.8 Å². The van der Waals surface area contributed by atoms with Gasteiger partial charge >= 0.3 is 0 Å². The molecular weight excluding hydrogens is 186 g/mol. The van der Waals surface area contributed by atoms with Gasteiger partial charge in [-0.05, 0) is 18.4 Å². The highest BCUT2D eigenvalue weighted by Gasteiger charge is 2.09. The Balaban J connectivity index is 2.49. The maximum Gasteiger partial charge on any atom is 0.220 e. The second-order valence-corrected chi connectivity index (χ2v) is 4.30. The molecule has 82 valence electrons. The molecule has 1 aromatic rings. The first-order chi connectivity index (χ1) is 7.09. The Morgan fingerprint density at radius 3 is 2.33 bits per heavy atom. The molecule has 2 heteroatoms. The quantitative estimate of drug-likeness (QED) is 0.804. The molecule has 15 heavy (non-hydrogen) atoms. The number of hydrogen-bond acceptors (Lipinski definition) is 1. The van der Waals surface area contributed by atoms with E-state index in [9.17, 15) is 4.79 Å². The van der Waals surface area contributed by atoms with Crippen LogP contribution in [0.5, 0.6) is 0 Å². The average molecular weight is 205 g/mol. The highest BCUT2D eigenvalue weighted by Crippen LogP contribution is 2.11. The van der Waals surface area contributed by atoms with Gasteiger partial charge in [0.15, 0.2) is 0 Å². The molecule has 0 saturated carbocycles. The van der Waals surface area contributed by atoms with Crippen molar-refractivity contribution < 1.29 is 4.79 Å².